The standard InChI is InChI=1S/C9H8O2S/c1-5-8(11)6-3-2-4-7(10)9(6)12-5/h2-4,10-11H,1H3. The van der Waals surface area contributed by atoms with Crippen LogP contribution in [0, 0.1) is 6.92 Å². The summed E-state index contributed by atoms with van der Waals surface area (Å²) in [4.78, 5) is 0.839. The third-order valence-corrected chi connectivity index (χ3v) is 2.97. The number of fused-ring (bicyclic) bond motifs is 1. The maximum absolute atomic E-state index is 9.52. The Morgan fingerprint density at radius 2 is 2.00 bits per heavy atom. The second-order valence-corrected chi connectivity index (χ2v) is 3.89. The van der Waals surface area contributed by atoms with Crippen molar-refractivity contribution in [3.8, 4) is 11.5 Å². The number of thiophene rings is 1. The largest absolute Gasteiger partial charge is 0.506 e. The van der Waals surface area contributed by atoms with E-state index in [0.717, 1.165) is 15.0 Å². The molecule has 0 fully saturated rings. The molecule has 0 aliphatic carbocycles. The molecule has 1 aromatic heterocycles. The predicted molar refractivity (Wildman–Crippen MR) is 49.9 cm³/mol. The van der Waals surface area contributed by atoms with Crippen LogP contribution in [-0.4, -0.2) is 10.2 Å². The fourth-order valence-electron chi connectivity index (χ4n) is 1.21. The second kappa shape index (κ2) is 2.38. The number of benzene rings is 1. The molecular weight excluding hydrogens is 172 g/mol. The molecule has 2 rings (SSSR count). The number of rotatable bonds is 0. The molecule has 3 heteroatoms. The summed E-state index contributed by atoms with van der Waals surface area (Å²) in [5, 5.41) is 19.7. The van der Waals surface area contributed by atoms with Gasteiger partial charge in [0.1, 0.15) is 11.5 Å². The fraction of sp³-hybridized carbons (Fsp3) is 0.111. The number of phenols is 1. The summed E-state index contributed by atoms with van der Waals surface area (Å²) in [5.74, 6) is 0.520. The first kappa shape index (κ1) is 7.43. The van der Waals surface area contributed by atoms with Crippen molar-refractivity contribution in [3.63, 3.8) is 0 Å². The minimum atomic E-state index is 0.237. The predicted octanol–water partition coefficient (Wildman–Crippen LogP) is 2.62. The summed E-state index contributed by atoms with van der Waals surface area (Å²) in [6, 6.07) is 5.15. The molecule has 1 aromatic carbocycles. The van der Waals surface area contributed by atoms with Crippen LogP contribution in [0.15, 0.2) is 18.2 Å². The third kappa shape index (κ3) is 0.865. The van der Waals surface area contributed by atoms with Gasteiger partial charge in [-0.05, 0) is 19.1 Å². The van der Waals surface area contributed by atoms with Gasteiger partial charge in [-0.1, -0.05) is 6.07 Å². The summed E-state index contributed by atoms with van der Waals surface area (Å²) in [5.41, 5.74) is 0. The highest BCUT2D eigenvalue weighted by Gasteiger charge is 2.09. The average Bonchev–Trinajstić information content (AvgIpc) is 2.32. The zero-order valence-electron chi connectivity index (χ0n) is 6.53. The first-order valence-electron chi connectivity index (χ1n) is 3.60. The Bertz CT molecular complexity index is 431. The highest BCUT2D eigenvalue weighted by Crippen LogP contribution is 2.40. The van der Waals surface area contributed by atoms with Gasteiger partial charge < -0.3 is 10.2 Å². The minimum Gasteiger partial charge on any atom is -0.506 e. The molecule has 0 saturated carbocycles. The Balaban J connectivity index is 2.95. The van der Waals surface area contributed by atoms with E-state index in [1.165, 1.54) is 11.3 Å². The Labute approximate surface area is 73.7 Å². The van der Waals surface area contributed by atoms with Crippen LogP contribution in [-0.2, 0) is 0 Å². The van der Waals surface area contributed by atoms with Crippen LogP contribution in [0.1, 0.15) is 4.88 Å². The molecule has 0 aliphatic rings. The smallest absolute Gasteiger partial charge is 0.137 e. The van der Waals surface area contributed by atoms with E-state index in [0.29, 0.717) is 0 Å². The monoisotopic (exact) mass is 180 g/mol. The van der Waals surface area contributed by atoms with Gasteiger partial charge in [0.25, 0.3) is 0 Å². The summed E-state index contributed by atoms with van der Waals surface area (Å²) < 4.78 is 0.757. The normalized spacial score (nSPS) is 10.8. The molecule has 2 N–H and O–H groups in total. The molecule has 0 saturated heterocycles. The maximum atomic E-state index is 9.52. The van der Waals surface area contributed by atoms with Crippen molar-refractivity contribution in [1.29, 1.82) is 0 Å². The zero-order chi connectivity index (χ0) is 8.72. The Morgan fingerprint density at radius 1 is 1.25 bits per heavy atom. The van der Waals surface area contributed by atoms with Crippen molar-refractivity contribution < 1.29 is 10.2 Å². The lowest BCUT2D eigenvalue weighted by molar-refractivity contribution is 0.476. The molecular formula is C9H8O2S. The Morgan fingerprint density at radius 3 is 2.67 bits per heavy atom. The molecule has 0 unspecified atom stereocenters. The van der Waals surface area contributed by atoms with Crippen LogP contribution in [0.3, 0.4) is 0 Å². The topological polar surface area (TPSA) is 40.5 Å². The molecule has 0 spiro atoms. The molecule has 62 valence electrons. The first-order valence-corrected chi connectivity index (χ1v) is 4.42. The van der Waals surface area contributed by atoms with E-state index >= 15 is 0 Å². The summed E-state index contributed by atoms with van der Waals surface area (Å²) in [6.45, 7) is 1.83. The van der Waals surface area contributed by atoms with E-state index in [4.69, 9.17) is 0 Å². The van der Waals surface area contributed by atoms with Crippen LogP contribution in [0.5, 0.6) is 11.5 Å². The van der Waals surface area contributed by atoms with E-state index in [2.05, 4.69) is 0 Å². The molecule has 0 amide bonds. The molecule has 0 bridgehead atoms. The van der Waals surface area contributed by atoms with Gasteiger partial charge in [0.05, 0.1) is 4.70 Å². The lowest BCUT2D eigenvalue weighted by Crippen LogP contribution is -1.65. The molecule has 2 nitrogen and oxygen atoms in total. The van der Waals surface area contributed by atoms with Crippen molar-refractivity contribution in [3.05, 3.63) is 23.1 Å². The lowest BCUT2D eigenvalue weighted by Gasteiger charge is -1.92. The van der Waals surface area contributed by atoms with Crippen LogP contribution in [0.2, 0.25) is 0 Å². The van der Waals surface area contributed by atoms with Crippen molar-refractivity contribution in [2.45, 2.75) is 6.92 Å². The van der Waals surface area contributed by atoms with Crippen LogP contribution in [0.25, 0.3) is 10.1 Å². The number of phenolic OH excluding ortho intramolecular Hbond substituents is 1. The molecule has 2 aromatic rings. The van der Waals surface area contributed by atoms with Gasteiger partial charge in [0.15, 0.2) is 0 Å². The van der Waals surface area contributed by atoms with Gasteiger partial charge in [-0.25, -0.2) is 0 Å². The summed E-state index contributed by atoms with van der Waals surface area (Å²) in [6.07, 6.45) is 0. The molecule has 0 aliphatic heterocycles. The lowest BCUT2D eigenvalue weighted by atomic mass is 10.2. The Hall–Kier alpha value is -1.22. The van der Waals surface area contributed by atoms with Gasteiger partial charge in [-0.15, -0.1) is 11.3 Å². The second-order valence-electron chi connectivity index (χ2n) is 2.66. The van der Waals surface area contributed by atoms with Crippen LogP contribution in [0.4, 0.5) is 0 Å². The highest BCUT2D eigenvalue weighted by atomic mass is 32.1. The maximum Gasteiger partial charge on any atom is 0.137 e. The van der Waals surface area contributed by atoms with Crippen molar-refractivity contribution in [1.82, 2.24) is 0 Å². The van der Waals surface area contributed by atoms with Crippen molar-refractivity contribution >= 4 is 21.4 Å². The Kier molecular flexibility index (Phi) is 1.48. The quantitative estimate of drug-likeness (QED) is 0.654. The molecule has 0 atom stereocenters. The SMILES string of the molecule is Cc1sc2c(O)cccc2c1O. The molecule has 12 heavy (non-hydrogen) atoms. The van der Waals surface area contributed by atoms with E-state index < -0.39 is 0 Å². The van der Waals surface area contributed by atoms with Crippen molar-refractivity contribution in [2.24, 2.45) is 0 Å². The number of aromatic hydroxyl groups is 2. The van der Waals surface area contributed by atoms with E-state index in [1.54, 1.807) is 18.2 Å². The van der Waals surface area contributed by atoms with Crippen LogP contribution < -0.4 is 0 Å². The summed E-state index contributed by atoms with van der Waals surface area (Å²) >= 11 is 1.41. The first-order chi connectivity index (χ1) is 5.70. The van der Waals surface area contributed by atoms with Crippen molar-refractivity contribution in [2.75, 3.05) is 0 Å². The highest BCUT2D eigenvalue weighted by molar-refractivity contribution is 7.19. The average molecular weight is 180 g/mol. The van der Waals surface area contributed by atoms with Gasteiger partial charge in [-0.3, -0.25) is 0 Å². The van der Waals surface area contributed by atoms with E-state index in [1.807, 2.05) is 6.92 Å². The van der Waals surface area contributed by atoms with Gasteiger partial charge in [0, 0.05) is 10.3 Å². The van der Waals surface area contributed by atoms with E-state index in [-0.39, 0.29) is 11.5 Å². The fourth-order valence-corrected chi connectivity index (χ4v) is 2.17. The zero-order valence-corrected chi connectivity index (χ0v) is 7.35. The molecule has 0 radical (unpaired) electrons. The van der Waals surface area contributed by atoms with E-state index in [9.17, 15) is 10.2 Å². The van der Waals surface area contributed by atoms with Gasteiger partial charge in [0.2, 0.25) is 0 Å². The number of hydrogen-bond acceptors (Lipinski definition) is 3. The third-order valence-electron chi connectivity index (χ3n) is 1.84. The number of hydrogen-bond donors (Lipinski definition) is 2. The summed E-state index contributed by atoms with van der Waals surface area (Å²) in [7, 11) is 0. The molecule has 1 heterocycles. The van der Waals surface area contributed by atoms with Gasteiger partial charge in [-0.2, -0.15) is 0 Å². The number of aryl methyl sites for hydroxylation is 1. The van der Waals surface area contributed by atoms with Crippen LogP contribution >= 0.6 is 11.3 Å². The minimum absolute atomic E-state index is 0.237. The van der Waals surface area contributed by atoms with Gasteiger partial charge >= 0.3 is 0 Å².